The van der Waals surface area contributed by atoms with Crippen LogP contribution < -0.4 is 0 Å². The second kappa shape index (κ2) is 5.13. The van der Waals surface area contributed by atoms with Crippen molar-refractivity contribution in [1.82, 2.24) is 0 Å². The molecule has 14 heavy (non-hydrogen) atoms. The molecular formula is C12H22O2. The van der Waals surface area contributed by atoms with Crippen LogP contribution in [0.3, 0.4) is 0 Å². The average Bonchev–Trinajstić information content (AvgIpc) is 2.23. The summed E-state index contributed by atoms with van der Waals surface area (Å²) in [6.07, 6.45) is 11.2. The minimum atomic E-state index is -0.189. The Morgan fingerprint density at radius 1 is 0.786 bits per heavy atom. The highest BCUT2D eigenvalue weighted by atomic mass is 16.5. The molecule has 0 amide bonds. The van der Waals surface area contributed by atoms with Crippen LogP contribution in [0.4, 0.5) is 0 Å². The van der Waals surface area contributed by atoms with Crippen molar-refractivity contribution in [1.29, 1.82) is 0 Å². The van der Waals surface area contributed by atoms with E-state index in [0.29, 0.717) is 6.10 Å². The third-order valence-electron chi connectivity index (χ3n) is 3.59. The standard InChI is InChI=1S/C12H22O2/c13-11-8-4-5-9-12(11)14-10-6-2-1-3-7-10/h10-13H,1-9H2/t11-,12+/m1/s1. The first-order valence-electron chi connectivity index (χ1n) is 6.20. The van der Waals surface area contributed by atoms with Crippen molar-refractivity contribution < 1.29 is 9.84 Å². The number of rotatable bonds is 2. The fourth-order valence-electron chi connectivity index (χ4n) is 2.68. The zero-order chi connectivity index (χ0) is 9.80. The molecule has 82 valence electrons. The van der Waals surface area contributed by atoms with Crippen molar-refractivity contribution in [2.75, 3.05) is 0 Å². The molecule has 2 atom stereocenters. The van der Waals surface area contributed by atoms with Gasteiger partial charge in [-0.15, -0.1) is 0 Å². The summed E-state index contributed by atoms with van der Waals surface area (Å²) in [6, 6.07) is 0. The van der Waals surface area contributed by atoms with Gasteiger partial charge in [-0.25, -0.2) is 0 Å². The minimum absolute atomic E-state index is 0.145. The summed E-state index contributed by atoms with van der Waals surface area (Å²) in [5.41, 5.74) is 0. The van der Waals surface area contributed by atoms with Crippen molar-refractivity contribution >= 4 is 0 Å². The molecular weight excluding hydrogens is 176 g/mol. The molecule has 2 heteroatoms. The second-order valence-corrected chi connectivity index (χ2v) is 4.79. The van der Waals surface area contributed by atoms with Crippen molar-refractivity contribution in [2.45, 2.75) is 76.1 Å². The van der Waals surface area contributed by atoms with E-state index in [1.54, 1.807) is 0 Å². The van der Waals surface area contributed by atoms with Gasteiger partial charge in [0.1, 0.15) is 0 Å². The van der Waals surface area contributed by atoms with E-state index in [2.05, 4.69) is 0 Å². The Kier molecular flexibility index (Phi) is 3.82. The van der Waals surface area contributed by atoms with Crippen molar-refractivity contribution in [2.24, 2.45) is 0 Å². The lowest BCUT2D eigenvalue weighted by Gasteiger charge is -2.33. The maximum Gasteiger partial charge on any atom is 0.0837 e. The highest BCUT2D eigenvalue weighted by molar-refractivity contribution is 4.77. The van der Waals surface area contributed by atoms with E-state index in [1.807, 2.05) is 0 Å². The monoisotopic (exact) mass is 198 g/mol. The zero-order valence-corrected chi connectivity index (χ0v) is 8.95. The van der Waals surface area contributed by atoms with Gasteiger partial charge in [0, 0.05) is 0 Å². The van der Waals surface area contributed by atoms with E-state index in [1.165, 1.54) is 44.9 Å². The van der Waals surface area contributed by atoms with Gasteiger partial charge in [0.15, 0.2) is 0 Å². The summed E-state index contributed by atoms with van der Waals surface area (Å²) in [7, 11) is 0. The third kappa shape index (κ3) is 2.71. The van der Waals surface area contributed by atoms with Gasteiger partial charge in [0.05, 0.1) is 18.3 Å². The predicted octanol–water partition coefficient (Wildman–Crippen LogP) is 2.64. The lowest BCUT2D eigenvalue weighted by molar-refractivity contribution is -0.102. The van der Waals surface area contributed by atoms with Gasteiger partial charge in [-0.2, -0.15) is 0 Å². The van der Waals surface area contributed by atoms with Crippen LogP contribution >= 0.6 is 0 Å². The van der Waals surface area contributed by atoms with E-state index in [0.717, 1.165) is 12.8 Å². The Bertz CT molecular complexity index is 164. The minimum Gasteiger partial charge on any atom is -0.390 e. The Labute approximate surface area is 86.6 Å². The molecule has 2 rings (SSSR count). The molecule has 0 saturated heterocycles. The van der Waals surface area contributed by atoms with Crippen molar-refractivity contribution in [3.05, 3.63) is 0 Å². The fourth-order valence-corrected chi connectivity index (χ4v) is 2.68. The van der Waals surface area contributed by atoms with E-state index in [4.69, 9.17) is 4.74 Å². The first kappa shape index (κ1) is 10.4. The molecule has 2 nitrogen and oxygen atoms in total. The average molecular weight is 198 g/mol. The molecule has 0 unspecified atom stereocenters. The van der Waals surface area contributed by atoms with E-state index >= 15 is 0 Å². The first-order chi connectivity index (χ1) is 6.86. The normalized spacial score (nSPS) is 35.8. The molecule has 2 aliphatic rings. The number of hydrogen-bond acceptors (Lipinski definition) is 2. The first-order valence-corrected chi connectivity index (χ1v) is 6.20. The van der Waals surface area contributed by atoms with Crippen LogP contribution in [-0.2, 0) is 4.74 Å². The molecule has 0 radical (unpaired) electrons. The number of ether oxygens (including phenoxy) is 1. The molecule has 2 aliphatic carbocycles. The Morgan fingerprint density at radius 3 is 2.14 bits per heavy atom. The molecule has 0 aromatic heterocycles. The number of aliphatic hydroxyl groups is 1. The van der Waals surface area contributed by atoms with E-state index in [-0.39, 0.29) is 12.2 Å². The molecule has 2 saturated carbocycles. The van der Waals surface area contributed by atoms with Crippen molar-refractivity contribution in [3.8, 4) is 0 Å². The highest BCUT2D eigenvalue weighted by Crippen LogP contribution is 2.27. The molecule has 1 N–H and O–H groups in total. The van der Waals surface area contributed by atoms with Crippen molar-refractivity contribution in [3.63, 3.8) is 0 Å². The summed E-state index contributed by atoms with van der Waals surface area (Å²) in [4.78, 5) is 0. The molecule has 0 aliphatic heterocycles. The lowest BCUT2D eigenvalue weighted by Crippen LogP contribution is -2.36. The summed E-state index contributed by atoms with van der Waals surface area (Å²) in [5, 5.41) is 9.77. The molecule has 0 spiro atoms. The van der Waals surface area contributed by atoms with Gasteiger partial charge in [0.2, 0.25) is 0 Å². The van der Waals surface area contributed by atoms with Crippen LogP contribution in [0.1, 0.15) is 57.8 Å². The summed E-state index contributed by atoms with van der Waals surface area (Å²) in [5.74, 6) is 0. The van der Waals surface area contributed by atoms with Crippen LogP contribution in [0.25, 0.3) is 0 Å². The predicted molar refractivity (Wildman–Crippen MR) is 56.2 cm³/mol. The van der Waals surface area contributed by atoms with Gasteiger partial charge in [0.25, 0.3) is 0 Å². The smallest absolute Gasteiger partial charge is 0.0837 e. The number of hydrogen-bond donors (Lipinski definition) is 1. The zero-order valence-electron chi connectivity index (χ0n) is 8.95. The second-order valence-electron chi connectivity index (χ2n) is 4.79. The van der Waals surface area contributed by atoms with Crippen LogP contribution in [0.2, 0.25) is 0 Å². The van der Waals surface area contributed by atoms with E-state index < -0.39 is 0 Å². The van der Waals surface area contributed by atoms with Gasteiger partial charge in [-0.05, 0) is 25.7 Å². The third-order valence-corrected chi connectivity index (χ3v) is 3.59. The van der Waals surface area contributed by atoms with Crippen LogP contribution in [0, 0.1) is 0 Å². The fraction of sp³-hybridized carbons (Fsp3) is 1.00. The largest absolute Gasteiger partial charge is 0.390 e. The van der Waals surface area contributed by atoms with Crippen LogP contribution in [0.5, 0.6) is 0 Å². The van der Waals surface area contributed by atoms with Gasteiger partial charge in [-0.3, -0.25) is 0 Å². The quantitative estimate of drug-likeness (QED) is 0.739. The molecule has 0 aromatic carbocycles. The number of aliphatic hydroxyl groups excluding tert-OH is 1. The SMILES string of the molecule is O[C@@H]1CCCC[C@@H]1OC1CCCCC1. The molecule has 0 bridgehead atoms. The van der Waals surface area contributed by atoms with Gasteiger partial charge >= 0.3 is 0 Å². The molecule has 2 fully saturated rings. The summed E-state index contributed by atoms with van der Waals surface area (Å²) >= 11 is 0. The Hall–Kier alpha value is -0.0800. The van der Waals surface area contributed by atoms with Gasteiger partial charge < -0.3 is 9.84 Å². The summed E-state index contributed by atoms with van der Waals surface area (Å²) < 4.78 is 5.99. The molecule has 0 heterocycles. The Balaban J connectivity index is 1.76. The summed E-state index contributed by atoms with van der Waals surface area (Å²) in [6.45, 7) is 0. The van der Waals surface area contributed by atoms with E-state index in [9.17, 15) is 5.11 Å². The van der Waals surface area contributed by atoms with Gasteiger partial charge in [-0.1, -0.05) is 32.1 Å². The maximum atomic E-state index is 9.77. The topological polar surface area (TPSA) is 29.5 Å². The lowest BCUT2D eigenvalue weighted by atomic mass is 9.93. The Morgan fingerprint density at radius 2 is 1.43 bits per heavy atom. The van der Waals surface area contributed by atoms with Crippen LogP contribution in [0.15, 0.2) is 0 Å². The van der Waals surface area contributed by atoms with Crippen LogP contribution in [-0.4, -0.2) is 23.4 Å². The molecule has 0 aromatic rings. The maximum absolute atomic E-state index is 9.77. The highest BCUT2D eigenvalue weighted by Gasteiger charge is 2.27.